The zero-order chi connectivity index (χ0) is 23.0. The van der Waals surface area contributed by atoms with Crippen molar-refractivity contribution in [2.75, 3.05) is 14.1 Å². The Kier molecular flexibility index (Phi) is 5.69. The molecule has 0 radical (unpaired) electrons. The van der Waals surface area contributed by atoms with Gasteiger partial charge in [-0.25, -0.2) is 9.97 Å². The molecule has 1 saturated heterocycles. The van der Waals surface area contributed by atoms with Crippen LogP contribution in [0.25, 0.3) is 11.2 Å². The van der Waals surface area contributed by atoms with E-state index in [2.05, 4.69) is 15.0 Å². The summed E-state index contributed by atoms with van der Waals surface area (Å²) < 4.78 is 12.7. The number of carbonyl (C=O) groups is 1. The summed E-state index contributed by atoms with van der Waals surface area (Å²) in [6.45, 7) is 0.0810. The normalized spacial score (nSPS) is 22.8. The summed E-state index contributed by atoms with van der Waals surface area (Å²) in [6.07, 6.45) is -2.55. The number of hydrogen-bond donors (Lipinski definition) is 2. The van der Waals surface area contributed by atoms with Crippen LogP contribution in [0.5, 0.6) is 5.88 Å². The number of ether oxygens (including phenoxy) is 2. The number of likely N-dealkylation sites (N-methyl/N-ethyl adjacent to an activating group) is 1. The molecule has 3 heterocycles. The van der Waals surface area contributed by atoms with Crippen molar-refractivity contribution in [1.82, 2.24) is 24.4 Å². The van der Waals surface area contributed by atoms with Gasteiger partial charge in [-0.05, 0) is 17.7 Å². The second kappa shape index (κ2) is 8.45. The molecule has 2 N–H and O–H groups in total. The Balaban J connectivity index is 1.55. The van der Waals surface area contributed by atoms with E-state index in [4.69, 9.17) is 9.47 Å². The van der Waals surface area contributed by atoms with Crippen LogP contribution in [0.4, 0.5) is 5.69 Å². The first-order valence-corrected chi connectivity index (χ1v) is 9.54. The molecular weight excluding hydrogens is 424 g/mol. The third-order valence-electron chi connectivity index (χ3n) is 5.04. The van der Waals surface area contributed by atoms with Gasteiger partial charge in [0, 0.05) is 26.2 Å². The van der Waals surface area contributed by atoms with E-state index in [9.17, 15) is 25.1 Å². The lowest BCUT2D eigenvalue weighted by atomic mass is 10.1. The summed E-state index contributed by atoms with van der Waals surface area (Å²) in [5, 5.41) is 31.5. The third kappa shape index (κ3) is 3.84. The Morgan fingerprint density at radius 1 is 1.22 bits per heavy atom. The van der Waals surface area contributed by atoms with Crippen LogP contribution in [0.3, 0.4) is 0 Å². The smallest absolute Gasteiger partial charge is 0.269 e. The first kappa shape index (κ1) is 21.5. The molecule has 1 fully saturated rings. The molecule has 0 aliphatic carbocycles. The Morgan fingerprint density at radius 3 is 2.59 bits per heavy atom. The summed E-state index contributed by atoms with van der Waals surface area (Å²) in [7, 11) is 3.04. The van der Waals surface area contributed by atoms with Crippen LogP contribution in [0.15, 0.2) is 36.9 Å². The fourth-order valence-corrected chi connectivity index (χ4v) is 3.34. The second-order valence-electron chi connectivity index (χ2n) is 7.38. The van der Waals surface area contributed by atoms with Gasteiger partial charge in [0.1, 0.15) is 25.1 Å². The highest BCUT2D eigenvalue weighted by atomic mass is 16.6. The van der Waals surface area contributed by atoms with E-state index in [-0.39, 0.29) is 29.3 Å². The van der Waals surface area contributed by atoms with Crippen LogP contribution in [0.2, 0.25) is 0 Å². The number of benzene rings is 1. The van der Waals surface area contributed by atoms with E-state index < -0.39 is 35.4 Å². The fourth-order valence-electron chi connectivity index (χ4n) is 3.34. The van der Waals surface area contributed by atoms with Crippen molar-refractivity contribution in [1.29, 1.82) is 0 Å². The number of nitro benzene ring substituents is 1. The van der Waals surface area contributed by atoms with Crippen LogP contribution in [-0.2, 0) is 16.1 Å². The lowest BCUT2D eigenvalue weighted by Crippen LogP contribution is -2.42. The summed E-state index contributed by atoms with van der Waals surface area (Å²) >= 11 is 0. The average molecular weight is 444 g/mol. The highest BCUT2D eigenvalue weighted by Crippen LogP contribution is 2.33. The molecule has 32 heavy (non-hydrogen) atoms. The number of non-ortho nitro benzene ring substituents is 1. The van der Waals surface area contributed by atoms with Crippen LogP contribution < -0.4 is 4.74 Å². The minimum absolute atomic E-state index is 0.0275. The number of carbonyl (C=O) groups excluding carboxylic acids is 1. The second-order valence-corrected chi connectivity index (χ2v) is 7.38. The van der Waals surface area contributed by atoms with E-state index in [1.54, 1.807) is 12.1 Å². The molecule has 13 nitrogen and oxygen atoms in total. The van der Waals surface area contributed by atoms with Crippen molar-refractivity contribution >= 4 is 22.8 Å². The molecular formula is C19H20N6O7. The SMILES string of the molecule is CN(C)C(=O)[C@H]1O[C@@H](n2cnc3c(OCc4ccc([N+](=O)[O-])cc4)ncnc32)[C@H](O)[C@@H]1O. The van der Waals surface area contributed by atoms with Gasteiger partial charge in [-0.2, -0.15) is 4.98 Å². The lowest BCUT2D eigenvalue weighted by molar-refractivity contribution is -0.384. The Hall–Kier alpha value is -3.68. The van der Waals surface area contributed by atoms with Crippen molar-refractivity contribution in [2.24, 2.45) is 0 Å². The predicted molar refractivity (Wildman–Crippen MR) is 107 cm³/mol. The van der Waals surface area contributed by atoms with Crippen molar-refractivity contribution < 1.29 is 29.4 Å². The largest absolute Gasteiger partial charge is 0.471 e. The Morgan fingerprint density at radius 2 is 1.94 bits per heavy atom. The van der Waals surface area contributed by atoms with Gasteiger partial charge in [0.2, 0.25) is 5.88 Å². The Bertz CT molecular complexity index is 1150. The zero-order valence-electron chi connectivity index (χ0n) is 17.1. The van der Waals surface area contributed by atoms with Crippen LogP contribution in [0.1, 0.15) is 11.8 Å². The molecule has 13 heteroatoms. The topological polar surface area (TPSA) is 166 Å². The zero-order valence-corrected chi connectivity index (χ0v) is 17.1. The standard InChI is InChI=1S/C19H20N6O7/c1-23(2)18(28)15-13(26)14(27)19(32-15)24-9-22-12-16(24)20-8-21-17(12)31-7-10-3-5-11(6-4-10)25(29)30/h3-6,8-9,13-15,19,26-27H,7H2,1-2H3/t13-,14+,15-,19+/m0/s1. The molecule has 0 unspecified atom stereocenters. The maximum atomic E-state index is 12.2. The summed E-state index contributed by atoms with van der Waals surface area (Å²) in [5.41, 5.74) is 1.21. The molecule has 1 aliphatic rings. The highest BCUT2D eigenvalue weighted by molar-refractivity contribution is 5.81. The van der Waals surface area contributed by atoms with Gasteiger partial charge < -0.3 is 24.6 Å². The quantitative estimate of drug-likeness (QED) is 0.391. The number of aromatic nitrogens is 4. The van der Waals surface area contributed by atoms with Crippen LogP contribution in [0, 0.1) is 10.1 Å². The van der Waals surface area contributed by atoms with Crippen molar-refractivity contribution in [3.05, 3.63) is 52.6 Å². The number of rotatable bonds is 6. The number of aliphatic hydroxyl groups is 2. The summed E-state index contributed by atoms with van der Waals surface area (Å²) in [4.78, 5) is 36.3. The Labute approximate surface area is 181 Å². The van der Waals surface area contributed by atoms with Gasteiger partial charge in [0.15, 0.2) is 23.5 Å². The molecule has 1 amide bonds. The van der Waals surface area contributed by atoms with E-state index in [1.165, 1.54) is 48.3 Å². The minimum atomic E-state index is -1.42. The van der Waals surface area contributed by atoms with Crippen molar-refractivity contribution in [3.63, 3.8) is 0 Å². The molecule has 0 spiro atoms. The molecule has 4 atom stereocenters. The number of fused-ring (bicyclic) bond motifs is 1. The van der Waals surface area contributed by atoms with Crippen LogP contribution >= 0.6 is 0 Å². The monoisotopic (exact) mass is 444 g/mol. The first-order chi connectivity index (χ1) is 15.3. The fraction of sp³-hybridized carbons (Fsp3) is 0.368. The van der Waals surface area contributed by atoms with Gasteiger partial charge >= 0.3 is 0 Å². The van der Waals surface area contributed by atoms with E-state index in [0.717, 1.165) is 0 Å². The van der Waals surface area contributed by atoms with Gasteiger partial charge in [0.25, 0.3) is 11.6 Å². The third-order valence-corrected chi connectivity index (χ3v) is 5.04. The number of imidazole rings is 1. The van der Waals surface area contributed by atoms with Crippen molar-refractivity contribution in [3.8, 4) is 5.88 Å². The number of aliphatic hydroxyl groups excluding tert-OH is 2. The first-order valence-electron chi connectivity index (χ1n) is 9.54. The van der Waals surface area contributed by atoms with Gasteiger partial charge in [0.05, 0.1) is 11.3 Å². The van der Waals surface area contributed by atoms with E-state index in [1.807, 2.05) is 0 Å². The number of amides is 1. The average Bonchev–Trinajstić information content (AvgIpc) is 3.33. The number of hydrogen-bond acceptors (Lipinski definition) is 10. The molecule has 1 aliphatic heterocycles. The molecule has 168 valence electrons. The number of nitrogens with zero attached hydrogens (tertiary/aromatic N) is 6. The highest BCUT2D eigenvalue weighted by Gasteiger charge is 2.48. The van der Waals surface area contributed by atoms with Gasteiger partial charge in [-0.3, -0.25) is 19.5 Å². The minimum Gasteiger partial charge on any atom is -0.471 e. The van der Waals surface area contributed by atoms with Crippen molar-refractivity contribution in [2.45, 2.75) is 31.1 Å². The van der Waals surface area contributed by atoms with Gasteiger partial charge in [-0.1, -0.05) is 0 Å². The summed E-state index contributed by atoms with van der Waals surface area (Å²) in [6, 6.07) is 5.89. The van der Waals surface area contributed by atoms with E-state index >= 15 is 0 Å². The predicted octanol–water partition coefficient (Wildman–Crippen LogP) is 0.0209. The van der Waals surface area contributed by atoms with Gasteiger partial charge in [-0.15, -0.1) is 0 Å². The molecule has 1 aromatic carbocycles. The molecule has 3 aromatic rings. The van der Waals surface area contributed by atoms with E-state index in [0.29, 0.717) is 5.56 Å². The summed E-state index contributed by atoms with van der Waals surface area (Å²) in [5.74, 6) is -0.328. The number of nitro groups is 1. The van der Waals surface area contributed by atoms with Crippen LogP contribution in [-0.4, -0.2) is 77.9 Å². The lowest BCUT2D eigenvalue weighted by Gasteiger charge is -2.18. The molecule has 4 rings (SSSR count). The maximum absolute atomic E-state index is 12.2. The molecule has 0 saturated carbocycles. The molecule has 2 aromatic heterocycles. The molecule has 0 bridgehead atoms. The maximum Gasteiger partial charge on any atom is 0.269 e.